The van der Waals surface area contributed by atoms with E-state index in [0.717, 1.165) is 31.2 Å². The Balaban J connectivity index is 1.87. The summed E-state index contributed by atoms with van der Waals surface area (Å²) in [6.07, 6.45) is 3.71. The van der Waals surface area contributed by atoms with Crippen molar-refractivity contribution in [1.29, 1.82) is 0 Å². The van der Waals surface area contributed by atoms with E-state index in [-0.39, 0.29) is 42.0 Å². The molecule has 3 rings (SSSR count). The molecule has 1 aliphatic rings. The molecule has 0 spiro atoms. The number of ether oxygens (including phenoxy) is 1. The number of aliphatic hydroxyl groups excluding tert-OH is 1. The fourth-order valence-electron chi connectivity index (χ4n) is 3.74. The molecule has 1 heterocycles. The van der Waals surface area contributed by atoms with Crippen molar-refractivity contribution in [2.45, 2.75) is 43.9 Å². The van der Waals surface area contributed by atoms with Gasteiger partial charge >= 0.3 is 0 Å². The summed E-state index contributed by atoms with van der Waals surface area (Å²) in [4.78, 5) is 25.2. The molecule has 1 atom stereocenters. The van der Waals surface area contributed by atoms with E-state index in [1.165, 1.54) is 17.8 Å². The third-order valence-corrected chi connectivity index (χ3v) is 5.42. The Morgan fingerprint density at radius 3 is 2.48 bits per heavy atom. The van der Waals surface area contributed by atoms with Crippen LogP contribution in [0.4, 0.5) is 0 Å². The minimum atomic E-state index is -0.570. The molecule has 0 aliphatic heterocycles. The largest absolute Gasteiger partial charge is 0.394 e. The lowest BCUT2D eigenvalue weighted by Crippen LogP contribution is -2.40. The molecular weight excluding hydrogens is 372 g/mol. The van der Waals surface area contributed by atoms with Gasteiger partial charge in [0.05, 0.1) is 12.7 Å². The molecule has 0 bridgehead atoms. The minimum absolute atomic E-state index is 0.0463. The van der Waals surface area contributed by atoms with E-state index >= 15 is 0 Å². The number of rotatable bonds is 7. The van der Waals surface area contributed by atoms with Crippen molar-refractivity contribution in [2.75, 3.05) is 20.8 Å². The molecular formula is C21H28N4O4. The minimum Gasteiger partial charge on any atom is -0.394 e. The number of benzene rings is 1. The van der Waals surface area contributed by atoms with Crippen LogP contribution in [0.3, 0.4) is 0 Å². The molecule has 0 unspecified atom stereocenters. The van der Waals surface area contributed by atoms with E-state index in [2.05, 4.69) is 15.7 Å². The van der Waals surface area contributed by atoms with E-state index in [0.29, 0.717) is 0 Å². The van der Waals surface area contributed by atoms with Gasteiger partial charge in [-0.3, -0.25) is 9.59 Å². The van der Waals surface area contributed by atoms with Gasteiger partial charge in [-0.05, 0) is 31.2 Å². The van der Waals surface area contributed by atoms with E-state index in [1.807, 2.05) is 30.3 Å². The van der Waals surface area contributed by atoms with Crippen molar-refractivity contribution in [1.82, 2.24) is 20.4 Å². The van der Waals surface area contributed by atoms with E-state index in [4.69, 9.17) is 4.74 Å². The highest BCUT2D eigenvalue weighted by Gasteiger charge is 2.27. The summed E-state index contributed by atoms with van der Waals surface area (Å²) in [5.41, 5.74) is 1.19. The van der Waals surface area contributed by atoms with Crippen molar-refractivity contribution in [3.63, 3.8) is 0 Å². The highest BCUT2D eigenvalue weighted by Crippen LogP contribution is 2.23. The van der Waals surface area contributed by atoms with Gasteiger partial charge in [0.1, 0.15) is 11.7 Å². The number of nitrogens with one attached hydrogen (secondary N) is 2. The number of nitrogens with zero attached hydrogens (tertiary/aromatic N) is 2. The van der Waals surface area contributed by atoms with Crippen molar-refractivity contribution in [3.8, 4) is 0 Å². The van der Waals surface area contributed by atoms with Gasteiger partial charge in [-0.2, -0.15) is 5.10 Å². The van der Waals surface area contributed by atoms with Crippen LogP contribution in [0.25, 0.3) is 0 Å². The Kier molecular flexibility index (Phi) is 7.00. The molecule has 1 aliphatic carbocycles. The predicted octanol–water partition coefficient (Wildman–Crippen LogP) is 1.51. The lowest BCUT2D eigenvalue weighted by atomic mass is 9.93. The number of aliphatic hydroxyl groups is 1. The Labute approximate surface area is 170 Å². The second-order valence-electron chi connectivity index (χ2n) is 7.23. The van der Waals surface area contributed by atoms with Crippen LogP contribution in [0.1, 0.15) is 58.3 Å². The maximum atomic E-state index is 13.0. The molecule has 1 saturated carbocycles. The van der Waals surface area contributed by atoms with Crippen LogP contribution in [-0.4, -0.2) is 59.6 Å². The van der Waals surface area contributed by atoms with Crippen molar-refractivity contribution >= 4 is 11.8 Å². The van der Waals surface area contributed by atoms with Crippen LogP contribution in [-0.2, 0) is 4.74 Å². The van der Waals surface area contributed by atoms with Crippen LogP contribution < -0.4 is 10.6 Å². The molecule has 2 amide bonds. The average molecular weight is 400 g/mol. The summed E-state index contributed by atoms with van der Waals surface area (Å²) in [5.74, 6) is -0.689. The normalized spacial score (nSPS) is 20.1. The van der Waals surface area contributed by atoms with Crippen LogP contribution in [0.15, 0.2) is 36.4 Å². The second kappa shape index (κ2) is 9.67. The van der Waals surface area contributed by atoms with Crippen molar-refractivity contribution < 1.29 is 19.4 Å². The number of carbonyl (C=O) groups excluding carboxylic acids is 2. The van der Waals surface area contributed by atoms with Gasteiger partial charge in [0.25, 0.3) is 11.8 Å². The summed E-state index contributed by atoms with van der Waals surface area (Å²) in [6, 6.07) is 10.3. The van der Waals surface area contributed by atoms with Crippen LogP contribution in [0.2, 0.25) is 0 Å². The van der Waals surface area contributed by atoms with Gasteiger partial charge in [0.15, 0.2) is 5.69 Å². The van der Waals surface area contributed by atoms with Gasteiger partial charge in [-0.25, -0.2) is 4.68 Å². The first-order valence-corrected chi connectivity index (χ1v) is 9.88. The summed E-state index contributed by atoms with van der Waals surface area (Å²) in [5, 5.41) is 19.9. The first-order valence-electron chi connectivity index (χ1n) is 9.88. The molecule has 1 aromatic carbocycles. The first-order chi connectivity index (χ1) is 14.1. The van der Waals surface area contributed by atoms with Gasteiger partial charge in [0, 0.05) is 26.3 Å². The number of hydrogen-bond acceptors (Lipinski definition) is 5. The standard InChI is InChI=1S/C21H28N4O4/c1-22-20(27)17-12-18(21(28)23-15-8-10-16(29-2)11-9-15)25(24-17)19(13-26)14-6-4-3-5-7-14/h3-7,12,15-16,19,26H,8-11,13H2,1-2H3,(H,22,27)(H,23,28)/t15-,16-,19-/m0/s1. The molecule has 3 N–H and O–H groups in total. The molecule has 2 aromatic rings. The Morgan fingerprint density at radius 2 is 1.90 bits per heavy atom. The van der Waals surface area contributed by atoms with E-state index in [1.54, 1.807) is 7.11 Å². The number of amides is 2. The quantitative estimate of drug-likeness (QED) is 0.653. The van der Waals surface area contributed by atoms with Gasteiger partial charge in [0.2, 0.25) is 0 Å². The second-order valence-corrected chi connectivity index (χ2v) is 7.23. The first kappa shape index (κ1) is 21.0. The maximum Gasteiger partial charge on any atom is 0.271 e. The summed E-state index contributed by atoms with van der Waals surface area (Å²) < 4.78 is 6.83. The molecule has 8 heteroatoms. The molecule has 0 radical (unpaired) electrons. The Hall–Kier alpha value is -2.71. The van der Waals surface area contributed by atoms with Crippen molar-refractivity contribution in [2.24, 2.45) is 0 Å². The average Bonchev–Trinajstić information content (AvgIpc) is 3.20. The number of hydrogen-bond donors (Lipinski definition) is 3. The third-order valence-electron chi connectivity index (χ3n) is 5.42. The van der Waals surface area contributed by atoms with E-state index in [9.17, 15) is 14.7 Å². The van der Waals surface area contributed by atoms with Gasteiger partial charge in [-0.1, -0.05) is 30.3 Å². The smallest absolute Gasteiger partial charge is 0.271 e. The highest BCUT2D eigenvalue weighted by atomic mass is 16.5. The predicted molar refractivity (Wildman–Crippen MR) is 108 cm³/mol. The third kappa shape index (κ3) is 4.83. The number of aromatic nitrogens is 2. The zero-order valence-electron chi connectivity index (χ0n) is 16.8. The SMILES string of the molecule is CNC(=O)c1cc(C(=O)N[C@H]2CC[C@H](OC)CC2)n([C@@H](CO)c2ccccc2)n1. The fourth-order valence-corrected chi connectivity index (χ4v) is 3.74. The van der Waals surface area contributed by atoms with Crippen molar-refractivity contribution in [3.05, 3.63) is 53.3 Å². The molecule has 29 heavy (non-hydrogen) atoms. The number of methoxy groups -OCH3 is 1. The molecule has 0 saturated heterocycles. The van der Waals surface area contributed by atoms with Gasteiger partial charge < -0.3 is 20.5 Å². The highest BCUT2D eigenvalue weighted by molar-refractivity contribution is 5.98. The monoisotopic (exact) mass is 400 g/mol. The lowest BCUT2D eigenvalue weighted by molar-refractivity contribution is 0.0596. The fraction of sp³-hybridized carbons (Fsp3) is 0.476. The summed E-state index contributed by atoms with van der Waals surface area (Å²) in [7, 11) is 3.22. The zero-order valence-corrected chi connectivity index (χ0v) is 16.8. The number of carbonyl (C=O) groups is 2. The summed E-state index contributed by atoms with van der Waals surface area (Å²) in [6.45, 7) is -0.252. The van der Waals surface area contributed by atoms with Crippen LogP contribution >= 0.6 is 0 Å². The maximum absolute atomic E-state index is 13.0. The topological polar surface area (TPSA) is 105 Å². The van der Waals surface area contributed by atoms with E-state index < -0.39 is 6.04 Å². The molecule has 1 aromatic heterocycles. The summed E-state index contributed by atoms with van der Waals surface area (Å²) >= 11 is 0. The molecule has 1 fully saturated rings. The Bertz CT molecular complexity index is 828. The molecule has 156 valence electrons. The lowest BCUT2D eigenvalue weighted by Gasteiger charge is -2.28. The van der Waals surface area contributed by atoms with Gasteiger partial charge in [-0.15, -0.1) is 0 Å². The molecule has 8 nitrogen and oxygen atoms in total. The Morgan fingerprint density at radius 1 is 1.21 bits per heavy atom. The van der Waals surface area contributed by atoms with Crippen LogP contribution in [0, 0.1) is 0 Å². The zero-order chi connectivity index (χ0) is 20.8. The van der Waals surface area contributed by atoms with Crippen LogP contribution in [0.5, 0.6) is 0 Å².